The predicted octanol–water partition coefficient (Wildman–Crippen LogP) is 2.08. The van der Waals surface area contributed by atoms with Gasteiger partial charge in [-0.15, -0.1) is 5.10 Å². The van der Waals surface area contributed by atoms with Crippen LogP contribution in [0.4, 0.5) is 11.5 Å². The summed E-state index contributed by atoms with van der Waals surface area (Å²) < 4.78 is 3.67. The first kappa shape index (κ1) is 16.8. The molecule has 0 radical (unpaired) electrons. The molecule has 1 aromatic carbocycles. The minimum absolute atomic E-state index is 0.514. The van der Waals surface area contributed by atoms with Gasteiger partial charge in [0.1, 0.15) is 0 Å². The lowest BCUT2D eigenvalue weighted by atomic mass is 10.1. The molecule has 142 valence electrons. The second-order valence-corrected chi connectivity index (χ2v) is 6.89. The van der Waals surface area contributed by atoms with Crippen molar-refractivity contribution in [2.24, 2.45) is 0 Å². The maximum absolute atomic E-state index is 4.66. The summed E-state index contributed by atoms with van der Waals surface area (Å²) in [6, 6.07) is 8.34. The Balaban J connectivity index is 1.52. The van der Waals surface area contributed by atoms with Crippen LogP contribution in [0.1, 0.15) is 18.4 Å². The Morgan fingerprint density at radius 3 is 2.86 bits per heavy atom. The second-order valence-electron chi connectivity index (χ2n) is 6.89. The molecule has 0 amide bonds. The molecule has 4 aromatic rings. The van der Waals surface area contributed by atoms with Gasteiger partial charge in [0.15, 0.2) is 5.82 Å². The Morgan fingerprint density at radius 1 is 1.00 bits per heavy atom. The van der Waals surface area contributed by atoms with E-state index in [-0.39, 0.29) is 0 Å². The molecule has 5 heterocycles. The van der Waals surface area contributed by atoms with Gasteiger partial charge < -0.3 is 10.6 Å². The van der Waals surface area contributed by atoms with Crippen LogP contribution in [0.3, 0.4) is 0 Å². The van der Waals surface area contributed by atoms with Crippen LogP contribution in [-0.2, 0) is 13.0 Å². The van der Waals surface area contributed by atoms with Crippen molar-refractivity contribution in [3.8, 4) is 5.69 Å². The molecule has 2 aliphatic rings. The molecule has 0 fully saturated rings. The summed E-state index contributed by atoms with van der Waals surface area (Å²) in [6.45, 7) is 2.88. The zero-order valence-electron chi connectivity index (χ0n) is 15.4. The second kappa shape index (κ2) is 7.35. The summed E-state index contributed by atoms with van der Waals surface area (Å²) in [4.78, 5) is 9.04. The van der Waals surface area contributed by atoms with Crippen molar-refractivity contribution in [2.45, 2.75) is 25.8 Å². The fraction of sp³-hybridized carbons (Fsp3) is 0.316. The zero-order valence-corrected chi connectivity index (χ0v) is 15.4. The van der Waals surface area contributed by atoms with Gasteiger partial charge >= 0.3 is 0 Å². The maximum Gasteiger partial charge on any atom is 0.221 e. The van der Waals surface area contributed by atoms with Gasteiger partial charge in [0.05, 0.1) is 23.8 Å². The lowest BCUT2D eigenvalue weighted by Crippen LogP contribution is -2.19. The number of rotatable bonds is 0. The quantitative estimate of drug-likeness (QED) is 0.485. The highest BCUT2D eigenvalue weighted by molar-refractivity contribution is 5.70. The van der Waals surface area contributed by atoms with E-state index in [0.29, 0.717) is 17.1 Å². The first-order valence-corrected chi connectivity index (χ1v) is 9.53. The highest BCUT2D eigenvalue weighted by Crippen LogP contribution is 2.18. The molecule has 2 N–H and O–H groups in total. The van der Waals surface area contributed by atoms with Crippen LogP contribution < -0.4 is 10.6 Å². The fourth-order valence-corrected chi connectivity index (χ4v) is 3.33. The van der Waals surface area contributed by atoms with E-state index >= 15 is 0 Å². The lowest BCUT2D eigenvalue weighted by Gasteiger charge is -2.07. The van der Waals surface area contributed by atoms with E-state index in [1.54, 1.807) is 17.1 Å². The van der Waals surface area contributed by atoms with E-state index in [9.17, 15) is 0 Å². The number of anilines is 2. The third kappa shape index (κ3) is 3.44. The summed E-state index contributed by atoms with van der Waals surface area (Å²) in [5.74, 6) is 0.634. The van der Waals surface area contributed by atoms with Crippen molar-refractivity contribution in [3.63, 3.8) is 0 Å². The first-order valence-electron chi connectivity index (χ1n) is 9.53. The maximum atomic E-state index is 4.66. The summed E-state index contributed by atoms with van der Waals surface area (Å²) in [6.07, 6.45) is 8.65. The summed E-state index contributed by atoms with van der Waals surface area (Å²) in [7, 11) is 0. The number of fused-ring (bicyclic) bond motifs is 8. The SMILES string of the molecule is c1cc2ccc1CCNCCCCn1cc(cn1)Nc1cnc3nnn-2c3n1. The molecule has 9 heteroatoms. The van der Waals surface area contributed by atoms with Crippen molar-refractivity contribution >= 4 is 22.8 Å². The normalized spacial score (nSPS) is 15.1. The highest BCUT2D eigenvalue weighted by Gasteiger charge is 2.11. The highest BCUT2D eigenvalue weighted by atomic mass is 15.5. The van der Waals surface area contributed by atoms with Crippen molar-refractivity contribution in [1.29, 1.82) is 0 Å². The standard InChI is InChI=1S/C19H21N9/c1-2-10-27-13-15(11-22-27)23-17-12-21-18-19(24-17)28(26-25-18)16-5-3-14(4-6-16)7-9-20-8-1/h3-6,11-13,20H,1-2,7-10H2,(H,23,24). The number of aryl methyl sites for hydroxylation is 1. The van der Waals surface area contributed by atoms with E-state index < -0.39 is 0 Å². The molecule has 0 unspecified atom stereocenters. The van der Waals surface area contributed by atoms with E-state index in [4.69, 9.17) is 0 Å². The average Bonchev–Trinajstić information content (AvgIpc) is 3.34. The van der Waals surface area contributed by atoms with Crippen LogP contribution in [0, 0.1) is 0 Å². The van der Waals surface area contributed by atoms with Gasteiger partial charge in [-0.3, -0.25) is 4.68 Å². The minimum Gasteiger partial charge on any atom is -0.336 e. The first-order chi connectivity index (χ1) is 13.8. The summed E-state index contributed by atoms with van der Waals surface area (Å²) in [5, 5.41) is 19.6. The molecule has 0 atom stereocenters. The van der Waals surface area contributed by atoms with Crippen LogP contribution in [0.5, 0.6) is 0 Å². The van der Waals surface area contributed by atoms with Gasteiger partial charge in [-0.1, -0.05) is 17.3 Å². The van der Waals surface area contributed by atoms with Crippen LogP contribution in [-0.4, -0.2) is 47.8 Å². The van der Waals surface area contributed by atoms with E-state index in [2.05, 4.69) is 48.1 Å². The Bertz CT molecular complexity index is 1080. The largest absolute Gasteiger partial charge is 0.336 e. The van der Waals surface area contributed by atoms with E-state index in [1.807, 2.05) is 23.0 Å². The number of aromatic nitrogens is 7. The van der Waals surface area contributed by atoms with Crippen molar-refractivity contribution in [2.75, 3.05) is 18.4 Å². The molecule has 0 saturated carbocycles. The molecule has 0 saturated heterocycles. The molecular formula is C19H21N9. The molecular weight excluding hydrogens is 354 g/mol. The molecule has 3 aromatic heterocycles. The number of hydrogen-bond donors (Lipinski definition) is 2. The van der Waals surface area contributed by atoms with Gasteiger partial charge in [0.25, 0.3) is 0 Å². The van der Waals surface area contributed by atoms with Gasteiger partial charge in [0.2, 0.25) is 11.3 Å². The van der Waals surface area contributed by atoms with Crippen LogP contribution >= 0.6 is 0 Å². The topological polar surface area (TPSA) is 98.4 Å². The Kier molecular flexibility index (Phi) is 4.42. The number of benzene rings is 1. The van der Waals surface area contributed by atoms with Crippen molar-refractivity contribution in [3.05, 3.63) is 48.4 Å². The van der Waals surface area contributed by atoms with Gasteiger partial charge in [-0.2, -0.15) is 9.78 Å². The Morgan fingerprint density at radius 2 is 1.93 bits per heavy atom. The summed E-state index contributed by atoms with van der Waals surface area (Å²) >= 11 is 0. The lowest BCUT2D eigenvalue weighted by molar-refractivity contribution is 0.536. The minimum atomic E-state index is 0.514. The zero-order chi connectivity index (χ0) is 18.8. The molecule has 0 spiro atoms. The number of nitrogens with one attached hydrogen (secondary N) is 2. The third-order valence-corrected chi connectivity index (χ3v) is 4.83. The van der Waals surface area contributed by atoms with Crippen LogP contribution in [0.15, 0.2) is 42.9 Å². The van der Waals surface area contributed by atoms with Crippen LogP contribution in [0.2, 0.25) is 0 Å². The van der Waals surface area contributed by atoms with E-state index in [1.165, 1.54) is 5.56 Å². The smallest absolute Gasteiger partial charge is 0.221 e. The number of nitrogens with zero attached hydrogens (tertiary/aromatic N) is 7. The van der Waals surface area contributed by atoms with Gasteiger partial charge in [0, 0.05) is 12.7 Å². The summed E-state index contributed by atoms with van der Waals surface area (Å²) in [5.41, 5.74) is 4.21. The van der Waals surface area contributed by atoms with Crippen molar-refractivity contribution < 1.29 is 0 Å². The fourth-order valence-electron chi connectivity index (χ4n) is 3.33. The Hall–Kier alpha value is -3.33. The van der Waals surface area contributed by atoms with Crippen molar-refractivity contribution in [1.82, 2.24) is 40.1 Å². The molecule has 6 rings (SSSR count). The van der Waals surface area contributed by atoms with Gasteiger partial charge in [-0.05, 0) is 50.0 Å². The average molecular weight is 375 g/mol. The molecule has 28 heavy (non-hydrogen) atoms. The third-order valence-electron chi connectivity index (χ3n) is 4.83. The predicted molar refractivity (Wildman–Crippen MR) is 106 cm³/mol. The number of hydrogen-bond acceptors (Lipinski definition) is 7. The molecule has 6 bridgehead atoms. The molecule has 9 nitrogen and oxygen atoms in total. The van der Waals surface area contributed by atoms with E-state index in [0.717, 1.165) is 50.3 Å². The monoisotopic (exact) mass is 375 g/mol. The van der Waals surface area contributed by atoms with Gasteiger partial charge in [-0.25, -0.2) is 9.97 Å². The molecule has 0 aliphatic carbocycles. The van der Waals surface area contributed by atoms with Crippen LogP contribution in [0.25, 0.3) is 17.0 Å². The molecule has 2 aliphatic heterocycles. The Labute approximate surface area is 161 Å².